The lowest BCUT2D eigenvalue weighted by atomic mass is 9.79. The van der Waals surface area contributed by atoms with E-state index in [1.54, 1.807) is 36.4 Å². The fourth-order valence-corrected chi connectivity index (χ4v) is 1.61. The van der Waals surface area contributed by atoms with Crippen LogP contribution in [0.2, 0.25) is 0 Å². The van der Waals surface area contributed by atoms with Crippen LogP contribution in [0, 0.1) is 0 Å². The first-order valence-electron chi connectivity index (χ1n) is 5.69. The number of carbonyl (C=O) groups excluding carboxylic acids is 1. The minimum atomic E-state index is -1.59. The van der Waals surface area contributed by atoms with Gasteiger partial charge in [-0.1, -0.05) is 12.1 Å². The van der Waals surface area contributed by atoms with E-state index in [1.165, 1.54) is 12.1 Å². The summed E-state index contributed by atoms with van der Waals surface area (Å²) in [4.78, 5) is 12.0. The highest BCUT2D eigenvalue weighted by atomic mass is 16.4. The second-order valence-corrected chi connectivity index (χ2v) is 4.08. The second-order valence-electron chi connectivity index (χ2n) is 4.08. The van der Waals surface area contributed by atoms with E-state index in [1.807, 2.05) is 0 Å². The maximum Gasteiger partial charge on any atom is 0.488 e. The van der Waals surface area contributed by atoms with Gasteiger partial charge in [0.15, 0.2) is 0 Å². The van der Waals surface area contributed by atoms with Crippen molar-refractivity contribution in [1.82, 2.24) is 0 Å². The molecule has 0 saturated heterocycles. The van der Waals surface area contributed by atoms with Gasteiger partial charge in [-0.2, -0.15) is 0 Å². The van der Waals surface area contributed by atoms with Crippen molar-refractivity contribution in [3.8, 4) is 0 Å². The molecule has 5 N–H and O–H groups in total. The van der Waals surface area contributed by atoms with Crippen LogP contribution < -0.4 is 16.5 Å². The second kappa shape index (κ2) is 5.56. The Bertz CT molecular complexity index is 585. The van der Waals surface area contributed by atoms with Gasteiger partial charge < -0.3 is 21.1 Å². The van der Waals surface area contributed by atoms with Gasteiger partial charge in [0.25, 0.3) is 5.91 Å². The van der Waals surface area contributed by atoms with Crippen molar-refractivity contribution in [3.63, 3.8) is 0 Å². The first-order valence-corrected chi connectivity index (χ1v) is 5.69. The molecule has 0 heterocycles. The van der Waals surface area contributed by atoms with Crippen LogP contribution in [0.25, 0.3) is 0 Å². The minimum absolute atomic E-state index is 0.268. The van der Waals surface area contributed by atoms with E-state index in [4.69, 9.17) is 15.8 Å². The van der Waals surface area contributed by atoms with Gasteiger partial charge in [-0.05, 0) is 41.9 Å². The smallest absolute Gasteiger partial charge is 0.423 e. The third-order valence-corrected chi connectivity index (χ3v) is 2.62. The third-order valence-electron chi connectivity index (χ3n) is 2.62. The van der Waals surface area contributed by atoms with Crippen LogP contribution in [-0.4, -0.2) is 23.1 Å². The highest BCUT2D eigenvalue weighted by Crippen LogP contribution is 2.11. The van der Waals surface area contributed by atoms with Crippen LogP contribution >= 0.6 is 0 Å². The first kappa shape index (κ1) is 13.1. The zero-order valence-corrected chi connectivity index (χ0v) is 10.1. The number of amides is 1. The monoisotopic (exact) mass is 256 g/mol. The molecule has 96 valence electrons. The lowest BCUT2D eigenvalue weighted by Crippen LogP contribution is -2.30. The molecule has 2 rings (SSSR count). The quantitative estimate of drug-likeness (QED) is 0.466. The molecule has 0 spiro atoms. The summed E-state index contributed by atoms with van der Waals surface area (Å²) in [5.74, 6) is -0.327. The summed E-state index contributed by atoms with van der Waals surface area (Å²) in [6.07, 6.45) is 0. The van der Waals surface area contributed by atoms with E-state index in [-0.39, 0.29) is 11.4 Å². The number of rotatable bonds is 3. The summed E-state index contributed by atoms with van der Waals surface area (Å²) in [7, 11) is -1.59. The molecule has 0 aromatic heterocycles. The van der Waals surface area contributed by atoms with E-state index in [0.717, 1.165) is 0 Å². The molecule has 6 heteroatoms. The highest BCUT2D eigenvalue weighted by Gasteiger charge is 2.13. The lowest BCUT2D eigenvalue weighted by molar-refractivity contribution is 0.102. The zero-order chi connectivity index (χ0) is 13.8. The summed E-state index contributed by atoms with van der Waals surface area (Å²) >= 11 is 0. The Hall–Kier alpha value is -2.31. The van der Waals surface area contributed by atoms with Crippen molar-refractivity contribution < 1.29 is 14.8 Å². The third kappa shape index (κ3) is 3.34. The Balaban J connectivity index is 2.15. The molecule has 1 amide bonds. The summed E-state index contributed by atoms with van der Waals surface area (Å²) in [6.45, 7) is 0. The number of hydrogen-bond donors (Lipinski definition) is 4. The highest BCUT2D eigenvalue weighted by molar-refractivity contribution is 6.58. The van der Waals surface area contributed by atoms with E-state index < -0.39 is 7.12 Å². The summed E-state index contributed by atoms with van der Waals surface area (Å²) in [5.41, 5.74) is 7.41. The summed E-state index contributed by atoms with van der Waals surface area (Å²) in [5, 5.41) is 20.8. The number of nitrogens with two attached hydrogens (primary N) is 1. The molecule has 0 bridgehead atoms. The largest absolute Gasteiger partial charge is 0.488 e. The normalized spacial score (nSPS) is 10.0. The molecule has 5 nitrogen and oxygen atoms in total. The van der Waals surface area contributed by atoms with Crippen LogP contribution in [0.3, 0.4) is 0 Å². The van der Waals surface area contributed by atoms with Gasteiger partial charge in [-0.15, -0.1) is 0 Å². The number of benzene rings is 2. The van der Waals surface area contributed by atoms with Crippen LogP contribution in [-0.2, 0) is 0 Å². The minimum Gasteiger partial charge on any atom is -0.423 e. The molecule has 2 aromatic rings. The molecule has 0 aliphatic rings. The molecule has 19 heavy (non-hydrogen) atoms. The Kier molecular flexibility index (Phi) is 3.84. The van der Waals surface area contributed by atoms with Crippen LogP contribution in [0.15, 0.2) is 48.5 Å². The number of nitrogen functional groups attached to an aromatic ring is 1. The molecular weight excluding hydrogens is 243 g/mol. The van der Waals surface area contributed by atoms with E-state index in [0.29, 0.717) is 16.9 Å². The molecule has 0 atom stereocenters. The van der Waals surface area contributed by atoms with Crippen LogP contribution in [0.4, 0.5) is 11.4 Å². The predicted octanol–water partition coefficient (Wildman–Crippen LogP) is 0.201. The Morgan fingerprint density at radius 3 is 2.42 bits per heavy atom. The molecule has 0 fully saturated rings. The maximum atomic E-state index is 12.0. The average molecular weight is 256 g/mol. The average Bonchev–Trinajstić information content (AvgIpc) is 2.41. The van der Waals surface area contributed by atoms with E-state index >= 15 is 0 Å². The molecule has 2 aromatic carbocycles. The van der Waals surface area contributed by atoms with Crippen molar-refractivity contribution in [2.75, 3.05) is 11.1 Å². The van der Waals surface area contributed by atoms with Gasteiger partial charge in [0.05, 0.1) is 0 Å². The van der Waals surface area contributed by atoms with Crippen molar-refractivity contribution in [3.05, 3.63) is 54.1 Å². The summed E-state index contributed by atoms with van der Waals surface area (Å²) < 4.78 is 0. The molecular formula is C13H13BN2O3. The fourth-order valence-electron chi connectivity index (χ4n) is 1.61. The topological polar surface area (TPSA) is 95.6 Å². The standard InChI is InChI=1S/C13H13BN2O3/c15-11-4-6-12(7-5-11)16-13(17)9-2-1-3-10(8-9)14(18)19/h1-8,18-19H,15H2,(H,16,17). The molecule has 0 aliphatic heterocycles. The van der Waals surface area contributed by atoms with Crippen molar-refractivity contribution in [2.24, 2.45) is 0 Å². The van der Waals surface area contributed by atoms with Crippen molar-refractivity contribution in [2.45, 2.75) is 0 Å². The lowest BCUT2D eigenvalue weighted by Gasteiger charge is -2.07. The molecule has 0 unspecified atom stereocenters. The van der Waals surface area contributed by atoms with Gasteiger partial charge >= 0.3 is 7.12 Å². The SMILES string of the molecule is Nc1ccc(NC(=O)c2cccc(B(O)O)c2)cc1. The number of carbonyl (C=O) groups is 1. The van der Waals surface area contributed by atoms with E-state index in [9.17, 15) is 4.79 Å². The molecule has 0 aliphatic carbocycles. The number of anilines is 2. The predicted molar refractivity (Wildman–Crippen MR) is 75.1 cm³/mol. The van der Waals surface area contributed by atoms with Crippen LogP contribution in [0.5, 0.6) is 0 Å². The fraction of sp³-hybridized carbons (Fsp3) is 0. The van der Waals surface area contributed by atoms with Crippen molar-refractivity contribution in [1.29, 1.82) is 0 Å². The summed E-state index contributed by atoms with van der Waals surface area (Å²) in [6, 6.07) is 12.9. The Labute approximate surface area is 110 Å². The molecule has 0 radical (unpaired) electrons. The van der Waals surface area contributed by atoms with Crippen molar-refractivity contribution >= 4 is 29.9 Å². The maximum absolute atomic E-state index is 12.0. The number of nitrogens with one attached hydrogen (secondary N) is 1. The van der Waals surface area contributed by atoms with Gasteiger partial charge in [0.2, 0.25) is 0 Å². The van der Waals surface area contributed by atoms with E-state index in [2.05, 4.69) is 5.32 Å². The molecule has 0 saturated carbocycles. The van der Waals surface area contributed by atoms with Gasteiger partial charge in [0, 0.05) is 16.9 Å². The first-order chi connectivity index (χ1) is 9.06. The van der Waals surface area contributed by atoms with Crippen LogP contribution in [0.1, 0.15) is 10.4 Å². The Morgan fingerprint density at radius 1 is 1.11 bits per heavy atom. The van der Waals surface area contributed by atoms with Gasteiger partial charge in [0.1, 0.15) is 0 Å². The zero-order valence-electron chi connectivity index (χ0n) is 10.1. The van der Waals surface area contributed by atoms with Gasteiger partial charge in [-0.25, -0.2) is 0 Å². The van der Waals surface area contributed by atoms with Gasteiger partial charge in [-0.3, -0.25) is 4.79 Å². The Morgan fingerprint density at radius 2 is 1.79 bits per heavy atom. The number of hydrogen-bond acceptors (Lipinski definition) is 4.